The van der Waals surface area contributed by atoms with Gasteiger partial charge in [0, 0.05) is 10.6 Å². The molecule has 1 saturated heterocycles. The first-order chi connectivity index (χ1) is 7.77. The smallest absolute Gasteiger partial charge is 0.131 e. The van der Waals surface area contributed by atoms with E-state index < -0.39 is 0 Å². The first kappa shape index (κ1) is 12.3. The van der Waals surface area contributed by atoms with Crippen molar-refractivity contribution in [2.24, 2.45) is 0 Å². The van der Waals surface area contributed by atoms with Crippen molar-refractivity contribution in [1.29, 1.82) is 0 Å². The minimum atomic E-state index is -0.255. The van der Waals surface area contributed by atoms with Crippen LogP contribution < -0.4 is 0 Å². The van der Waals surface area contributed by atoms with Gasteiger partial charge in [-0.1, -0.05) is 29.8 Å². The summed E-state index contributed by atoms with van der Waals surface area (Å²) in [4.78, 5) is 0. The topological polar surface area (TPSA) is 0 Å². The predicted octanol–water partition coefficient (Wildman–Crippen LogP) is 4.60. The fourth-order valence-corrected chi connectivity index (χ4v) is 4.59. The van der Waals surface area contributed by atoms with Crippen LogP contribution in [0.4, 0.5) is 4.39 Å². The highest BCUT2D eigenvalue weighted by molar-refractivity contribution is 8.17. The number of hydrogen-bond acceptors (Lipinski definition) is 2. The summed E-state index contributed by atoms with van der Waals surface area (Å²) in [5.41, 5.74) is 0.496. The third-order valence-corrected chi connectivity index (χ3v) is 5.39. The lowest BCUT2D eigenvalue weighted by Gasteiger charge is -2.18. The SMILES string of the molecule is Fc1ccccc1/C(Cl)=C/C1SCCCS1. The molecule has 0 unspecified atom stereocenters. The van der Waals surface area contributed by atoms with Crippen LogP contribution in [0.15, 0.2) is 30.3 Å². The number of halogens is 2. The second-order valence-electron chi connectivity index (χ2n) is 3.46. The highest BCUT2D eigenvalue weighted by Gasteiger charge is 2.14. The zero-order valence-electron chi connectivity index (χ0n) is 8.66. The van der Waals surface area contributed by atoms with Gasteiger partial charge in [0.15, 0.2) is 0 Å². The molecule has 2 rings (SSSR count). The molecule has 86 valence electrons. The largest absolute Gasteiger partial charge is 0.206 e. The average Bonchev–Trinajstić information content (AvgIpc) is 2.31. The number of hydrogen-bond donors (Lipinski definition) is 0. The Hall–Kier alpha value is -0.120. The van der Waals surface area contributed by atoms with Crippen LogP contribution in [-0.2, 0) is 0 Å². The minimum Gasteiger partial charge on any atom is -0.206 e. The lowest BCUT2D eigenvalue weighted by molar-refractivity contribution is 0.624. The first-order valence-electron chi connectivity index (χ1n) is 5.13. The zero-order chi connectivity index (χ0) is 11.4. The molecule has 0 spiro atoms. The highest BCUT2D eigenvalue weighted by atomic mass is 35.5. The maximum absolute atomic E-state index is 13.5. The van der Waals surface area contributed by atoms with Crippen molar-refractivity contribution in [3.05, 3.63) is 41.7 Å². The molecule has 0 aliphatic carbocycles. The van der Waals surface area contributed by atoms with E-state index in [1.807, 2.05) is 29.6 Å². The van der Waals surface area contributed by atoms with Crippen LogP contribution in [0.1, 0.15) is 12.0 Å². The minimum absolute atomic E-state index is 0.255. The van der Waals surface area contributed by atoms with Gasteiger partial charge in [-0.25, -0.2) is 4.39 Å². The number of rotatable bonds is 2. The van der Waals surface area contributed by atoms with Crippen LogP contribution in [0.2, 0.25) is 0 Å². The van der Waals surface area contributed by atoms with Gasteiger partial charge in [-0.15, -0.1) is 23.5 Å². The van der Waals surface area contributed by atoms with E-state index in [1.165, 1.54) is 12.5 Å². The van der Waals surface area contributed by atoms with E-state index in [0.717, 1.165) is 11.5 Å². The fraction of sp³-hybridized carbons (Fsp3) is 0.333. The van der Waals surface area contributed by atoms with E-state index in [4.69, 9.17) is 11.6 Å². The molecule has 0 amide bonds. The molecule has 0 nitrogen and oxygen atoms in total. The van der Waals surface area contributed by atoms with Crippen molar-refractivity contribution in [1.82, 2.24) is 0 Å². The second-order valence-corrected chi connectivity index (χ2v) is 6.66. The third kappa shape index (κ3) is 3.19. The maximum atomic E-state index is 13.5. The molecule has 1 aliphatic rings. The Kier molecular flexibility index (Phi) is 4.62. The normalized spacial score (nSPS) is 18.8. The highest BCUT2D eigenvalue weighted by Crippen LogP contribution is 2.34. The van der Waals surface area contributed by atoms with Gasteiger partial charge in [0.25, 0.3) is 0 Å². The van der Waals surface area contributed by atoms with E-state index in [9.17, 15) is 4.39 Å². The van der Waals surface area contributed by atoms with Gasteiger partial charge in [-0.2, -0.15) is 0 Å². The predicted molar refractivity (Wildman–Crippen MR) is 73.6 cm³/mol. The average molecular weight is 275 g/mol. The van der Waals surface area contributed by atoms with Crippen LogP contribution in [0, 0.1) is 5.82 Å². The molecule has 4 heteroatoms. The summed E-state index contributed by atoms with van der Waals surface area (Å²) in [6, 6.07) is 6.63. The van der Waals surface area contributed by atoms with Crippen LogP contribution in [0.25, 0.3) is 5.03 Å². The van der Waals surface area contributed by atoms with Gasteiger partial charge in [0.1, 0.15) is 5.82 Å². The summed E-state index contributed by atoms with van der Waals surface area (Å²) < 4.78 is 13.8. The quantitative estimate of drug-likeness (QED) is 0.773. The molecule has 1 aliphatic heterocycles. The Morgan fingerprint density at radius 1 is 1.31 bits per heavy atom. The molecule has 0 radical (unpaired) electrons. The van der Waals surface area contributed by atoms with E-state index in [0.29, 0.717) is 15.2 Å². The van der Waals surface area contributed by atoms with Crippen molar-refractivity contribution in [3.63, 3.8) is 0 Å². The van der Waals surface area contributed by atoms with Crippen LogP contribution in [0.5, 0.6) is 0 Å². The molecular weight excluding hydrogens is 263 g/mol. The van der Waals surface area contributed by atoms with Gasteiger partial charge in [-0.05, 0) is 30.1 Å². The lowest BCUT2D eigenvalue weighted by Crippen LogP contribution is -2.03. The van der Waals surface area contributed by atoms with E-state index in [2.05, 4.69) is 0 Å². The Balaban J connectivity index is 2.14. The van der Waals surface area contributed by atoms with Gasteiger partial charge in [0.05, 0.1) is 4.58 Å². The van der Waals surface area contributed by atoms with Crippen molar-refractivity contribution in [2.75, 3.05) is 11.5 Å². The zero-order valence-corrected chi connectivity index (χ0v) is 11.0. The fourth-order valence-electron chi connectivity index (χ4n) is 1.47. The summed E-state index contributed by atoms with van der Waals surface area (Å²) in [6.07, 6.45) is 3.20. The summed E-state index contributed by atoms with van der Waals surface area (Å²) >= 11 is 9.88. The number of benzene rings is 1. The van der Waals surface area contributed by atoms with Crippen molar-refractivity contribution >= 4 is 40.2 Å². The molecule has 1 fully saturated rings. The summed E-state index contributed by atoms with van der Waals surface area (Å²) in [5, 5.41) is 0.519. The van der Waals surface area contributed by atoms with Gasteiger partial charge >= 0.3 is 0 Å². The molecule has 0 bridgehead atoms. The molecule has 0 N–H and O–H groups in total. The van der Waals surface area contributed by atoms with Gasteiger partial charge in [-0.3, -0.25) is 0 Å². The van der Waals surface area contributed by atoms with Crippen LogP contribution in [-0.4, -0.2) is 16.1 Å². The monoisotopic (exact) mass is 274 g/mol. The summed E-state index contributed by atoms with van der Waals surface area (Å²) in [5.74, 6) is 2.07. The van der Waals surface area contributed by atoms with E-state index >= 15 is 0 Å². The molecule has 0 aromatic heterocycles. The molecule has 16 heavy (non-hydrogen) atoms. The van der Waals surface area contributed by atoms with E-state index in [-0.39, 0.29) is 5.82 Å². The first-order valence-corrected chi connectivity index (χ1v) is 7.60. The Morgan fingerprint density at radius 3 is 2.69 bits per heavy atom. The van der Waals surface area contributed by atoms with Crippen LogP contribution >= 0.6 is 35.1 Å². The Labute approximate surface area is 109 Å². The van der Waals surface area contributed by atoms with Crippen molar-refractivity contribution in [3.8, 4) is 0 Å². The lowest BCUT2D eigenvalue weighted by atomic mass is 10.2. The molecule has 0 atom stereocenters. The molecular formula is C12H12ClFS2. The maximum Gasteiger partial charge on any atom is 0.131 e. The Morgan fingerprint density at radius 2 is 2.00 bits per heavy atom. The molecule has 1 aromatic rings. The third-order valence-electron chi connectivity index (χ3n) is 2.27. The Bertz CT molecular complexity index is 386. The van der Waals surface area contributed by atoms with Gasteiger partial charge in [0.2, 0.25) is 0 Å². The molecule has 0 saturated carbocycles. The van der Waals surface area contributed by atoms with Gasteiger partial charge < -0.3 is 0 Å². The number of thioether (sulfide) groups is 2. The van der Waals surface area contributed by atoms with Crippen LogP contribution in [0.3, 0.4) is 0 Å². The molecule has 1 heterocycles. The van der Waals surface area contributed by atoms with E-state index in [1.54, 1.807) is 18.2 Å². The summed E-state index contributed by atoms with van der Waals surface area (Å²) in [6.45, 7) is 0. The standard InChI is InChI=1S/C12H12ClFS2/c13-10(8-12-15-6-3-7-16-12)9-4-1-2-5-11(9)14/h1-2,4-5,8,12H,3,6-7H2/b10-8-. The van der Waals surface area contributed by atoms with Crippen molar-refractivity contribution < 1.29 is 4.39 Å². The van der Waals surface area contributed by atoms with Crippen molar-refractivity contribution in [2.45, 2.75) is 11.0 Å². The molecule has 1 aromatic carbocycles. The summed E-state index contributed by atoms with van der Waals surface area (Å²) in [7, 11) is 0. The second kappa shape index (κ2) is 5.99.